The average Bonchev–Trinajstić information content (AvgIpc) is 1.60. The summed E-state index contributed by atoms with van der Waals surface area (Å²) in [5, 5.41) is 3.28. The zero-order chi connectivity index (χ0) is 62.2. The number of carbonyl (C=O) groups excluding carboxylic acids is 4. The fraction of sp³-hybridized carbons (Fsp3) is 0.449. The van der Waals surface area contributed by atoms with Gasteiger partial charge in [-0.2, -0.15) is 0 Å². The SMILES string of the molecule is CCCC[Si](C)(C)O[Si](C)(C)CCCOCC(CC)(COC(=O)CCC(=O)Oc1ccc2ccc3c(c2c1)N=CC1(O3)N(C)c2ccccc2C1(C)C)COC(=O)CCC(=O)Oc1ccc2ccc3c(c2c1)N=CC1(O3)N(C)c2ccccc2C1(C)C. The summed E-state index contributed by atoms with van der Waals surface area (Å²) in [6.07, 6.45) is 6.26. The van der Waals surface area contributed by atoms with Crippen LogP contribution in [0.4, 0.5) is 22.7 Å². The molecule has 4 heterocycles. The lowest BCUT2D eigenvalue weighted by molar-refractivity contribution is -0.160. The topological polar surface area (TPSA) is 173 Å². The number of para-hydroxylation sites is 2. The lowest BCUT2D eigenvalue weighted by atomic mass is 9.77. The third-order valence-corrected chi connectivity index (χ3v) is 25.8. The molecule has 6 aromatic rings. The van der Waals surface area contributed by atoms with Gasteiger partial charge in [-0.1, -0.05) is 87.4 Å². The van der Waals surface area contributed by atoms with Crippen molar-refractivity contribution in [2.24, 2.45) is 15.4 Å². The van der Waals surface area contributed by atoms with E-state index >= 15 is 0 Å². The maximum atomic E-state index is 13.5. The number of hydrogen-bond donors (Lipinski definition) is 0. The molecule has 0 N–H and O–H groups in total. The Morgan fingerprint density at radius 1 is 0.552 bits per heavy atom. The summed E-state index contributed by atoms with van der Waals surface area (Å²) in [6.45, 7) is 22.1. The zero-order valence-electron chi connectivity index (χ0n) is 52.6. The molecule has 10 rings (SSSR count). The van der Waals surface area contributed by atoms with Crippen LogP contribution in [0.25, 0.3) is 21.5 Å². The van der Waals surface area contributed by atoms with E-state index in [9.17, 15) is 19.2 Å². The van der Waals surface area contributed by atoms with Gasteiger partial charge in [-0.25, -0.2) is 0 Å². The second-order valence-corrected chi connectivity index (χ2v) is 35.0. The molecule has 6 aromatic carbocycles. The maximum Gasteiger partial charge on any atom is 0.311 e. The van der Waals surface area contributed by atoms with Crippen molar-refractivity contribution < 1.29 is 56.5 Å². The number of carbonyl (C=O) groups is 4. The molecule has 2 spiro atoms. The summed E-state index contributed by atoms with van der Waals surface area (Å²) in [7, 11) is 0.260. The highest BCUT2D eigenvalue weighted by atomic mass is 28.4. The van der Waals surface area contributed by atoms with Crippen LogP contribution in [0.5, 0.6) is 23.0 Å². The Balaban J connectivity index is 0.744. The van der Waals surface area contributed by atoms with Gasteiger partial charge in [0.15, 0.2) is 16.6 Å². The normalized spacial score (nSPS) is 19.2. The van der Waals surface area contributed by atoms with E-state index in [0.717, 1.165) is 75.4 Å². The Kier molecular flexibility index (Phi) is 17.8. The summed E-state index contributed by atoms with van der Waals surface area (Å²) >= 11 is 0. The smallest absolute Gasteiger partial charge is 0.311 e. The lowest BCUT2D eigenvalue weighted by Gasteiger charge is -2.45. The first-order valence-electron chi connectivity index (χ1n) is 30.7. The van der Waals surface area contributed by atoms with E-state index in [0.29, 0.717) is 47.4 Å². The van der Waals surface area contributed by atoms with Gasteiger partial charge in [0.2, 0.25) is 11.4 Å². The molecule has 16 nitrogen and oxygen atoms in total. The molecule has 4 aliphatic rings. The monoisotopic (exact) mass is 1220 g/mol. The molecule has 87 heavy (non-hydrogen) atoms. The first kappa shape index (κ1) is 62.7. The third-order valence-electron chi connectivity index (χ3n) is 18.3. The molecule has 2 atom stereocenters. The van der Waals surface area contributed by atoms with Crippen LogP contribution in [0.3, 0.4) is 0 Å². The molecule has 0 radical (unpaired) electrons. The van der Waals surface area contributed by atoms with Crippen molar-refractivity contribution in [2.75, 3.05) is 50.3 Å². The summed E-state index contributed by atoms with van der Waals surface area (Å²) in [5.41, 5.74) is 2.25. The second-order valence-electron chi connectivity index (χ2n) is 26.1. The number of benzene rings is 6. The molecular weight excluding hydrogens is 1130 g/mol. The van der Waals surface area contributed by atoms with E-state index in [1.807, 2.05) is 94.1 Å². The van der Waals surface area contributed by atoms with Crippen molar-refractivity contribution in [1.82, 2.24) is 0 Å². The maximum absolute atomic E-state index is 13.5. The van der Waals surface area contributed by atoms with Gasteiger partial charge < -0.3 is 47.1 Å². The standard InChI is InChI=1S/C69H84N4O12Si2/c1-13-15-38-86(9,10)85-87(11,12)39-20-37-78-44-67(14-2,45-79-59(74)33-35-61(76)81-49-29-25-47-27-31-57-63(51(47)40-49)70-42-68(83-57)65(3,4)53-21-16-18-23-55(53)72(68)7)46-80-60(75)34-36-62(77)82-50-30-26-48-28-32-58-64(52(48)41-50)71-43-69(84-58)66(5,6)54-22-17-19-24-56(54)73(69)8/h16-19,21-32,40-43H,13-15,20,33-39,44-46H2,1-12H3. The van der Waals surface area contributed by atoms with E-state index in [4.69, 9.17) is 47.3 Å². The predicted molar refractivity (Wildman–Crippen MR) is 347 cm³/mol. The quantitative estimate of drug-likeness (QED) is 0.0242. The minimum absolute atomic E-state index is 0.126. The van der Waals surface area contributed by atoms with Gasteiger partial charge in [-0.3, -0.25) is 29.2 Å². The molecule has 0 saturated carbocycles. The predicted octanol–water partition coefficient (Wildman–Crippen LogP) is 14.6. The number of rotatable bonds is 24. The molecular formula is C69H84N4O12Si2. The van der Waals surface area contributed by atoms with Gasteiger partial charge in [-0.15, -0.1) is 0 Å². The molecule has 0 aromatic heterocycles. The highest BCUT2D eigenvalue weighted by Crippen LogP contribution is 2.56. The first-order chi connectivity index (χ1) is 41.4. The van der Waals surface area contributed by atoms with Crippen LogP contribution in [0.2, 0.25) is 38.3 Å². The van der Waals surface area contributed by atoms with Crippen LogP contribution in [0, 0.1) is 5.41 Å². The van der Waals surface area contributed by atoms with Gasteiger partial charge in [0.05, 0.1) is 61.0 Å². The molecule has 0 aliphatic carbocycles. The third kappa shape index (κ3) is 12.4. The van der Waals surface area contributed by atoms with E-state index in [-0.39, 0.29) is 45.5 Å². The van der Waals surface area contributed by atoms with Crippen molar-refractivity contribution in [3.8, 4) is 23.0 Å². The number of ether oxygens (including phenoxy) is 7. The van der Waals surface area contributed by atoms with E-state index in [1.54, 1.807) is 24.3 Å². The molecule has 0 amide bonds. The highest BCUT2D eigenvalue weighted by Gasteiger charge is 2.60. The van der Waals surface area contributed by atoms with Crippen molar-refractivity contribution >= 4 is 97.2 Å². The number of esters is 4. The largest absolute Gasteiger partial charge is 0.465 e. The molecule has 18 heteroatoms. The second kappa shape index (κ2) is 24.6. The number of likely N-dealkylation sites (N-methyl/N-ethyl adjacent to an activating group) is 2. The van der Waals surface area contributed by atoms with Crippen molar-refractivity contribution in [3.63, 3.8) is 0 Å². The van der Waals surface area contributed by atoms with Gasteiger partial charge in [0, 0.05) is 42.8 Å². The fourth-order valence-electron chi connectivity index (χ4n) is 13.0. The van der Waals surface area contributed by atoms with Crippen LogP contribution < -0.4 is 28.7 Å². The molecule has 0 fully saturated rings. The van der Waals surface area contributed by atoms with Gasteiger partial charge in [0.1, 0.15) is 47.6 Å². The Morgan fingerprint density at radius 2 is 0.977 bits per heavy atom. The Labute approximate surface area is 513 Å². The van der Waals surface area contributed by atoms with Crippen molar-refractivity contribution in [2.45, 2.75) is 153 Å². The molecule has 460 valence electrons. The van der Waals surface area contributed by atoms with Crippen LogP contribution in [0.1, 0.15) is 104 Å². The van der Waals surface area contributed by atoms with Crippen LogP contribution in [-0.4, -0.2) is 105 Å². The number of fused-ring (bicyclic) bond motifs is 8. The van der Waals surface area contributed by atoms with Crippen LogP contribution in [0.15, 0.2) is 119 Å². The number of nitrogens with zero attached hydrogens (tertiary/aromatic N) is 4. The number of anilines is 2. The summed E-state index contributed by atoms with van der Waals surface area (Å²) in [6, 6.07) is 37.0. The Morgan fingerprint density at radius 3 is 1.41 bits per heavy atom. The van der Waals surface area contributed by atoms with E-state index in [1.165, 1.54) is 0 Å². The summed E-state index contributed by atoms with van der Waals surface area (Å²) in [4.78, 5) is 67.9. The van der Waals surface area contributed by atoms with Crippen LogP contribution >= 0.6 is 0 Å². The lowest BCUT2D eigenvalue weighted by Crippen LogP contribution is -2.61. The van der Waals surface area contributed by atoms with E-state index in [2.05, 4.69) is 94.9 Å². The average molecular weight is 1220 g/mol. The van der Waals surface area contributed by atoms with Crippen LogP contribution in [-0.2, 0) is 48.3 Å². The zero-order valence-corrected chi connectivity index (χ0v) is 54.6. The number of unbranched alkanes of at least 4 members (excludes halogenated alkanes) is 1. The highest BCUT2D eigenvalue weighted by molar-refractivity contribution is 6.84. The Hall–Kier alpha value is -7.39. The summed E-state index contributed by atoms with van der Waals surface area (Å²) < 4.78 is 50.2. The first-order valence-corrected chi connectivity index (χ1v) is 36.9. The van der Waals surface area contributed by atoms with Gasteiger partial charge in [-0.05, 0) is 149 Å². The minimum Gasteiger partial charge on any atom is -0.465 e. The molecule has 0 saturated heterocycles. The number of hydrogen-bond acceptors (Lipinski definition) is 16. The fourth-order valence-corrected chi connectivity index (χ4v) is 22.0. The van der Waals surface area contributed by atoms with Gasteiger partial charge in [0.25, 0.3) is 0 Å². The molecule has 2 unspecified atom stereocenters. The summed E-state index contributed by atoms with van der Waals surface area (Å²) in [5.74, 6) is -0.662. The van der Waals surface area contributed by atoms with Crippen molar-refractivity contribution in [3.05, 3.63) is 120 Å². The Bertz CT molecular complexity index is 3460. The minimum atomic E-state index is -1.98. The van der Waals surface area contributed by atoms with Crippen molar-refractivity contribution in [1.29, 1.82) is 0 Å². The number of aliphatic imine (C=N–C) groups is 2. The molecule has 4 aliphatic heterocycles. The van der Waals surface area contributed by atoms with E-state index < -0.39 is 68.2 Å². The van der Waals surface area contributed by atoms with Gasteiger partial charge >= 0.3 is 23.9 Å². The molecule has 0 bridgehead atoms.